The quantitative estimate of drug-likeness (QED) is 0.190. The number of allylic oxidation sites excluding steroid dienone is 4. The second-order valence-corrected chi connectivity index (χ2v) is 13.8. The van der Waals surface area contributed by atoms with Crippen molar-refractivity contribution < 1.29 is 0 Å². The smallest absolute Gasteiger partial charge is 0.138 e. The SMILES string of the molecule is C=Cc1c(/C=C\C)c2cc(-c3ccc4c(c3)c3cc5ccccc5cc3n4-c3cc4c5c(cccc5n3)C(C)=C4/C=C\N)ccc2n1-c1ccccc1. The number of hydrogen-bond acceptors (Lipinski definition) is 2. The summed E-state index contributed by atoms with van der Waals surface area (Å²) in [5.41, 5.74) is 20.8. The molecular formula is C49H36N4. The molecule has 9 aromatic rings. The first-order valence-electron chi connectivity index (χ1n) is 18.1. The average molecular weight is 681 g/mol. The fraction of sp³-hybridized carbons (Fsp3) is 0.0408. The zero-order valence-corrected chi connectivity index (χ0v) is 29.6. The normalized spacial score (nSPS) is 13.0. The summed E-state index contributed by atoms with van der Waals surface area (Å²) in [5, 5.41) is 7.17. The summed E-state index contributed by atoms with van der Waals surface area (Å²) >= 11 is 0. The van der Waals surface area contributed by atoms with Gasteiger partial charge in [0, 0.05) is 32.8 Å². The Hall–Kier alpha value is -6.91. The molecular weight excluding hydrogens is 645 g/mol. The molecule has 1 aliphatic rings. The molecule has 0 fully saturated rings. The Morgan fingerprint density at radius 2 is 1.34 bits per heavy atom. The minimum atomic E-state index is 0.891. The van der Waals surface area contributed by atoms with E-state index < -0.39 is 0 Å². The number of benzene rings is 6. The highest BCUT2D eigenvalue weighted by Crippen LogP contribution is 2.44. The molecule has 2 N–H and O–H groups in total. The first-order chi connectivity index (χ1) is 26.1. The van der Waals surface area contributed by atoms with Gasteiger partial charge in [0.2, 0.25) is 0 Å². The Morgan fingerprint density at radius 3 is 2.08 bits per heavy atom. The van der Waals surface area contributed by atoms with E-state index in [0.717, 1.165) is 56.0 Å². The lowest BCUT2D eigenvalue weighted by molar-refractivity contribution is 1.10. The van der Waals surface area contributed by atoms with Gasteiger partial charge in [-0.1, -0.05) is 85.5 Å². The van der Waals surface area contributed by atoms with Gasteiger partial charge >= 0.3 is 0 Å². The lowest BCUT2D eigenvalue weighted by Crippen LogP contribution is -1.99. The van der Waals surface area contributed by atoms with Crippen molar-refractivity contribution in [2.24, 2.45) is 5.73 Å². The summed E-state index contributed by atoms with van der Waals surface area (Å²) in [6.45, 7) is 8.46. The van der Waals surface area contributed by atoms with Crippen LogP contribution in [-0.2, 0) is 0 Å². The molecule has 4 nitrogen and oxygen atoms in total. The van der Waals surface area contributed by atoms with Crippen LogP contribution in [0.5, 0.6) is 0 Å². The van der Waals surface area contributed by atoms with Gasteiger partial charge in [-0.3, -0.25) is 4.57 Å². The Bertz CT molecular complexity index is 3090. The second-order valence-electron chi connectivity index (χ2n) is 13.8. The van der Waals surface area contributed by atoms with Gasteiger partial charge in [-0.2, -0.15) is 0 Å². The summed E-state index contributed by atoms with van der Waals surface area (Å²) in [6, 6.07) is 46.1. The van der Waals surface area contributed by atoms with Crippen LogP contribution in [0, 0.1) is 0 Å². The van der Waals surface area contributed by atoms with Gasteiger partial charge in [0.05, 0.1) is 27.8 Å². The van der Waals surface area contributed by atoms with Crippen LogP contribution in [0.1, 0.15) is 36.2 Å². The van der Waals surface area contributed by atoms with Gasteiger partial charge in [-0.05, 0) is 137 Å². The van der Waals surface area contributed by atoms with Crippen LogP contribution in [0.25, 0.3) is 100 Å². The highest BCUT2D eigenvalue weighted by molar-refractivity contribution is 6.17. The third-order valence-electron chi connectivity index (χ3n) is 11.0. The van der Waals surface area contributed by atoms with Crippen molar-refractivity contribution >= 4 is 77.7 Å². The molecule has 6 aromatic carbocycles. The van der Waals surface area contributed by atoms with Crippen molar-refractivity contribution in [3.8, 4) is 22.6 Å². The van der Waals surface area contributed by atoms with Crippen molar-refractivity contribution in [1.82, 2.24) is 14.1 Å². The fourth-order valence-corrected chi connectivity index (χ4v) is 8.62. The largest absolute Gasteiger partial charge is 0.405 e. The summed E-state index contributed by atoms with van der Waals surface area (Å²) in [5.74, 6) is 0.891. The van der Waals surface area contributed by atoms with E-state index in [2.05, 4.69) is 169 Å². The number of rotatable bonds is 6. The van der Waals surface area contributed by atoms with Gasteiger partial charge in [0.1, 0.15) is 5.82 Å². The number of pyridine rings is 1. The molecule has 1 aliphatic carbocycles. The minimum Gasteiger partial charge on any atom is -0.405 e. The lowest BCUT2D eigenvalue weighted by Gasteiger charge is -2.12. The molecule has 0 unspecified atom stereocenters. The van der Waals surface area contributed by atoms with E-state index in [0.29, 0.717) is 0 Å². The van der Waals surface area contributed by atoms with E-state index in [9.17, 15) is 0 Å². The van der Waals surface area contributed by atoms with Crippen molar-refractivity contribution in [3.63, 3.8) is 0 Å². The van der Waals surface area contributed by atoms with Crippen molar-refractivity contribution in [2.45, 2.75) is 13.8 Å². The van der Waals surface area contributed by atoms with Crippen LogP contribution in [0.4, 0.5) is 0 Å². The third kappa shape index (κ3) is 4.52. The maximum Gasteiger partial charge on any atom is 0.138 e. The molecule has 0 atom stereocenters. The van der Waals surface area contributed by atoms with E-state index in [1.807, 2.05) is 12.2 Å². The molecule has 0 radical (unpaired) electrons. The van der Waals surface area contributed by atoms with Crippen molar-refractivity contribution in [1.29, 1.82) is 0 Å². The van der Waals surface area contributed by atoms with Gasteiger partial charge in [-0.25, -0.2) is 4.98 Å². The highest BCUT2D eigenvalue weighted by atomic mass is 15.1. The third-order valence-corrected chi connectivity index (χ3v) is 11.0. The number of aromatic nitrogens is 3. The van der Waals surface area contributed by atoms with Crippen molar-refractivity contribution in [2.75, 3.05) is 0 Å². The predicted molar refractivity (Wildman–Crippen MR) is 226 cm³/mol. The standard InChI is InChI=1S/C49H36N4/c1-4-12-38-39-26-33(19-21-45(39)52(44(38)5-2)35-15-7-6-8-16-35)34-20-22-46-40(27-34)41-25-31-13-9-10-14-32(31)28-47(41)53(46)48-29-42-36(23-24-50)30(3)37-17-11-18-43(51-48)49(37)42/h4-29H,2,50H2,1,3H3/b12-4-,24-23-. The molecule has 3 aromatic heterocycles. The highest BCUT2D eigenvalue weighted by Gasteiger charge is 2.24. The summed E-state index contributed by atoms with van der Waals surface area (Å²) < 4.78 is 4.64. The van der Waals surface area contributed by atoms with E-state index in [4.69, 9.17) is 10.7 Å². The maximum atomic E-state index is 5.98. The summed E-state index contributed by atoms with van der Waals surface area (Å²) in [4.78, 5) is 5.34. The van der Waals surface area contributed by atoms with E-state index in [1.54, 1.807) is 6.20 Å². The molecule has 0 bridgehead atoms. The van der Waals surface area contributed by atoms with Crippen LogP contribution < -0.4 is 5.73 Å². The van der Waals surface area contributed by atoms with E-state index in [1.165, 1.54) is 54.6 Å². The summed E-state index contributed by atoms with van der Waals surface area (Å²) in [6.07, 6.45) is 9.92. The molecule has 0 spiro atoms. The molecule has 3 heterocycles. The van der Waals surface area contributed by atoms with Crippen LogP contribution >= 0.6 is 0 Å². The first-order valence-corrected chi connectivity index (χ1v) is 18.1. The van der Waals surface area contributed by atoms with Gasteiger partial charge in [0.15, 0.2) is 0 Å². The molecule has 0 saturated carbocycles. The molecule has 4 heteroatoms. The Morgan fingerprint density at radius 1 is 0.642 bits per heavy atom. The van der Waals surface area contributed by atoms with Gasteiger partial charge in [-0.15, -0.1) is 0 Å². The number of fused-ring (bicyclic) bond motifs is 5. The number of para-hydroxylation sites is 1. The zero-order valence-electron chi connectivity index (χ0n) is 29.6. The van der Waals surface area contributed by atoms with Gasteiger partial charge in [0.25, 0.3) is 0 Å². The van der Waals surface area contributed by atoms with Crippen LogP contribution in [0.2, 0.25) is 0 Å². The van der Waals surface area contributed by atoms with E-state index in [-0.39, 0.29) is 0 Å². The van der Waals surface area contributed by atoms with Crippen LogP contribution in [0.3, 0.4) is 0 Å². The minimum absolute atomic E-state index is 0.891. The summed E-state index contributed by atoms with van der Waals surface area (Å²) in [7, 11) is 0. The maximum absolute atomic E-state index is 5.98. The molecule has 53 heavy (non-hydrogen) atoms. The van der Waals surface area contributed by atoms with Crippen LogP contribution in [-0.4, -0.2) is 14.1 Å². The van der Waals surface area contributed by atoms with E-state index >= 15 is 0 Å². The molecule has 0 saturated heterocycles. The molecule has 252 valence electrons. The van der Waals surface area contributed by atoms with Crippen LogP contribution in [0.15, 0.2) is 152 Å². The fourth-order valence-electron chi connectivity index (χ4n) is 8.62. The second kappa shape index (κ2) is 11.8. The number of nitrogens with zero attached hydrogens (tertiary/aromatic N) is 3. The first kappa shape index (κ1) is 30.9. The Kier molecular flexibility index (Phi) is 6.89. The lowest BCUT2D eigenvalue weighted by atomic mass is 9.99. The van der Waals surface area contributed by atoms with Gasteiger partial charge < -0.3 is 10.3 Å². The topological polar surface area (TPSA) is 48.8 Å². The number of nitrogens with two attached hydrogens (primary N) is 1. The number of hydrogen-bond donors (Lipinski definition) is 1. The average Bonchev–Trinajstić information content (AvgIpc) is 3.79. The molecule has 0 aliphatic heterocycles. The predicted octanol–water partition coefficient (Wildman–Crippen LogP) is 12.5. The monoisotopic (exact) mass is 680 g/mol. The Labute approximate surface area is 307 Å². The van der Waals surface area contributed by atoms with Crippen molar-refractivity contribution in [3.05, 3.63) is 175 Å². The molecule has 10 rings (SSSR count). The zero-order chi connectivity index (χ0) is 35.8. The molecule has 0 amide bonds. The Balaban J connectivity index is 1.23.